The minimum Gasteiger partial charge on any atom is -0.469 e. The molecule has 0 aliphatic carbocycles. The normalized spacial score (nSPS) is 17.7. The van der Waals surface area contributed by atoms with Crippen LogP contribution in [0.2, 0.25) is 0 Å². The average molecular weight is 308 g/mol. The van der Waals surface area contributed by atoms with E-state index < -0.39 is 0 Å². The fourth-order valence-corrected chi connectivity index (χ4v) is 3.29. The Bertz CT molecular complexity index is 595. The molecule has 8 heteroatoms. The second-order valence-corrected chi connectivity index (χ2v) is 6.23. The summed E-state index contributed by atoms with van der Waals surface area (Å²) >= 11 is 1.50. The molecule has 3 heterocycles. The SMILES string of the molecule is CCOc1nnc(CNCC2CCc3nnc(C)n3C2)s1. The van der Waals surface area contributed by atoms with E-state index in [0.29, 0.717) is 17.7 Å². The number of nitrogens with zero attached hydrogens (tertiary/aromatic N) is 5. The largest absolute Gasteiger partial charge is 0.469 e. The van der Waals surface area contributed by atoms with E-state index in [4.69, 9.17) is 4.74 Å². The standard InChI is InChI=1S/C13H20N6OS/c1-3-20-13-18-17-12(21-13)7-14-6-10-4-5-11-16-15-9(2)19(11)8-10/h10,14H,3-8H2,1-2H3. The van der Waals surface area contributed by atoms with Gasteiger partial charge in [-0.1, -0.05) is 11.3 Å². The van der Waals surface area contributed by atoms with Crippen molar-refractivity contribution in [1.82, 2.24) is 30.3 Å². The Kier molecular flexibility index (Phi) is 4.45. The van der Waals surface area contributed by atoms with Crippen LogP contribution in [-0.2, 0) is 19.5 Å². The number of nitrogens with one attached hydrogen (secondary N) is 1. The third-order valence-corrected chi connectivity index (χ3v) is 4.49. The number of fused-ring (bicyclic) bond motifs is 1. The lowest BCUT2D eigenvalue weighted by atomic mass is 9.99. The van der Waals surface area contributed by atoms with Gasteiger partial charge in [-0.15, -0.1) is 20.4 Å². The number of ether oxygens (including phenoxy) is 1. The van der Waals surface area contributed by atoms with Gasteiger partial charge in [-0.2, -0.15) is 0 Å². The van der Waals surface area contributed by atoms with E-state index in [1.807, 2.05) is 13.8 Å². The molecule has 0 aromatic carbocycles. The molecule has 1 N–H and O–H groups in total. The van der Waals surface area contributed by atoms with Gasteiger partial charge in [0.05, 0.1) is 6.61 Å². The topological polar surface area (TPSA) is 77.8 Å². The highest BCUT2D eigenvalue weighted by Crippen LogP contribution is 2.20. The maximum Gasteiger partial charge on any atom is 0.294 e. The quantitative estimate of drug-likeness (QED) is 0.863. The van der Waals surface area contributed by atoms with Crippen LogP contribution in [0.15, 0.2) is 0 Å². The molecular formula is C13H20N6OS. The summed E-state index contributed by atoms with van der Waals surface area (Å²) in [6.07, 6.45) is 2.17. The lowest BCUT2D eigenvalue weighted by Crippen LogP contribution is -2.30. The first-order valence-corrected chi connectivity index (χ1v) is 8.12. The van der Waals surface area contributed by atoms with Crippen molar-refractivity contribution < 1.29 is 4.74 Å². The lowest BCUT2D eigenvalue weighted by molar-refractivity contribution is 0.335. The maximum atomic E-state index is 5.33. The van der Waals surface area contributed by atoms with Crippen LogP contribution in [0.3, 0.4) is 0 Å². The lowest BCUT2D eigenvalue weighted by Gasteiger charge is -2.24. The summed E-state index contributed by atoms with van der Waals surface area (Å²) in [5.74, 6) is 2.75. The third-order valence-electron chi connectivity index (χ3n) is 3.65. The molecule has 0 saturated carbocycles. The summed E-state index contributed by atoms with van der Waals surface area (Å²) in [6, 6.07) is 0. The molecule has 21 heavy (non-hydrogen) atoms. The smallest absolute Gasteiger partial charge is 0.294 e. The molecule has 7 nitrogen and oxygen atoms in total. The Labute approximate surface area is 127 Å². The minimum atomic E-state index is 0.617. The third kappa shape index (κ3) is 3.38. The van der Waals surface area contributed by atoms with Crippen molar-refractivity contribution >= 4 is 11.3 Å². The molecule has 1 aliphatic heterocycles. The summed E-state index contributed by atoms with van der Waals surface area (Å²) < 4.78 is 7.56. The van der Waals surface area contributed by atoms with E-state index in [1.165, 1.54) is 11.3 Å². The van der Waals surface area contributed by atoms with Gasteiger partial charge in [0, 0.05) is 26.1 Å². The first kappa shape index (κ1) is 14.4. The molecule has 0 spiro atoms. The summed E-state index contributed by atoms with van der Waals surface area (Å²) in [5.41, 5.74) is 0. The molecule has 3 rings (SSSR count). The second-order valence-electron chi connectivity index (χ2n) is 5.20. The molecule has 114 valence electrons. The molecule has 0 radical (unpaired) electrons. The van der Waals surface area contributed by atoms with Gasteiger partial charge < -0.3 is 14.6 Å². The van der Waals surface area contributed by atoms with E-state index in [1.54, 1.807) is 0 Å². The van der Waals surface area contributed by atoms with Gasteiger partial charge in [-0.3, -0.25) is 0 Å². The monoisotopic (exact) mass is 308 g/mol. The Morgan fingerprint density at radius 1 is 1.33 bits per heavy atom. The number of aryl methyl sites for hydroxylation is 2. The molecule has 1 aliphatic rings. The zero-order chi connectivity index (χ0) is 14.7. The Morgan fingerprint density at radius 3 is 3.10 bits per heavy atom. The van der Waals surface area contributed by atoms with E-state index in [0.717, 1.165) is 49.1 Å². The molecule has 0 fully saturated rings. The van der Waals surface area contributed by atoms with E-state index in [-0.39, 0.29) is 0 Å². The van der Waals surface area contributed by atoms with Crippen molar-refractivity contribution in [3.63, 3.8) is 0 Å². The number of hydrogen-bond acceptors (Lipinski definition) is 7. The van der Waals surface area contributed by atoms with Crippen molar-refractivity contribution in [2.75, 3.05) is 13.2 Å². The van der Waals surface area contributed by atoms with Crippen LogP contribution in [-0.4, -0.2) is 38.1 Å². The fraction of sp³-hybridized carbons (Fsp3) is 0.692. The van der Waals surface area contributed by atoms with Crippen LogP contribution >= 0.6 is 11.3 Å². The van der Waals surface area contributed by atoms with Crippen LogP contribution in [0.1, 0.15) is 30.0 Å². The molecule has 1 atom stereocenters. The van der Waals surface area contributed by atoms with Crippen LogP contribution in [0, 0.1) is 12.8 Å². The zero-order valence-corrected chi connectivity index (χ0v) is 13.2. The van der Waals surface area contributed by atoms with Crippen molar-refractivity contribution in [1.29, 1.82) is 0 Å². The highest BCUT2D eigenvalue weighted by atomic mass is 32.1. The molecule has 2 aromatic rings. The molecule has 1 unspecified atom stereocenters. The number of hydrogen-bond donors (Lipinski definition) is 1. The summed E-state index contributed by atoms with van der Waals surface area (Å²) in [4.78, 5) is 0. The molecule has 0 bridgehead atoms. The Morgan fingerprint density at radius 2 is 2.24 bits per heavy atom. The number of aromatic nitrogens is 5. The van der Waals surface area contributed by atoms with Gasteiger partial charge in [-0.25, -0.2) is 0 Å². The summed E-state index contributed by atoms with van der Waals surface area (Å²) in [6.45, 7) is 7.31. The van der Waals surface area contributed by atoms with Gasteiger partial charge in [0.1, 0.15) is 16.7 Å². The molecule has 0 amide bonds. The van der Waals surface area contributed by atoms with Crippen molar-refractivity contribution in [2.45, 2.75) is 39.8 Å². The number of rotatable bonds is 6. The summed E-state index contributed by atoms with van der Waals surface area (Å²) in [5, 5.41) is 21.5. The van der Waals surface area contributed by atoms with E-state index in [9.17, 15) is 0 Å². The molecule has 0 saturated heterocycles. The highest BCUT2D eigenvalue weighted by Gasteiger charge is 2.21. The first-order chi connectivity index (χ1) is 10.3. The van der Waals surface area contributed by atoms with Crippen LogP contribution < -0.4 is 10.1 Å². The Balaban J connectivity index is 1.46. The average Bonchev–Trinajstić information content (AvgIpc) is 3.07. The molecular weight excluding hydrogens is 288 g/mol. The summed E-state index contributed by atoms with van der Waals surface area (Å²) in [7, 11) is 0. The van der Waals surface area contributed by atoms with E-state index in [2.05, 4.69) is 30.3 Å². The van der Waals surface area contributed by atoms with E-state index >= 15 is 0 Å². The van der Waals surface area contributed by atoms with Gasteiger partial charge in [0.15, 0.2) is 0 Å². The van der Waals surface area contributed by atoms with Gasteiger partial charge in [0.2, 0.25) is 0 Å². The minimum absolute atomic E-state index is 0.617. The first-order valence-electron chi connectivity index (χ1n) is 7.30. The highest BCUT2D eigenvalue weighted by molar-refractivity contribution is 7.13. The predicted molar refractivity (Wildman–Crippen MR) is 79.4 cm³/mol. The van der Waals surface area contributed by atoms with Crippen LogP contribution in [0.5, 0.6) is 5.19 Å². The van der Waals surface area contributed by atoms with Crippen molar-refractivity contribution in [2.24, 2.45) is 5.92 Å². The van der Waals surface area contributed by atoms with Crippen molar-refractivity contribution in [3.05, 3.63) is 16.7 Å². The van der Waals surface area contributed by atoms with Crippen molar-refractivity contribution in [3.8, 4) is 5.19 Å². The van der Waals surface area contributed by atoms with Gasteiger partial charge in [0.25, 0.3) is 5.19 Å². The predicted octanol–water partition coefficient (Wildman–Crippen LogP) is 1.19. The van der Waals surface area contributed by atoms with Gasteiger partial charge in [-0.05, 0) is 26.2 Å². The fourth-order valence-electron chi connectivity index (χ4n) is 2.57. The Hall–Kier alpha value is -1.54. The zero-order valence-electron chi connectivity index (χ0n) is 12.4. The maximum absolute atomic E-state index is 5.33. The van der Waals surface area contributed by atoms with Gasteiger partial charge >= 0.3 is 0 Å². The second kappa shape index (κ2) is 6.48. The van der Waals surface area contributed by atoms with Crippen LogP contribution in [0.25, 0.3) is 0 Å². The van der Waals surface area contributed by atoms with Crippen LogP contribution in [0.4, 0.5) is 0 Å². The molecule has 2 aromatic heterocycles.